The van der Waals surface area contributed by atoms with Gasteiger partial charge >= 0.3 is 0 Å². The zero-order valence-electron chi connectivity index (χ0n) is 17.2. The number of hydrogen-bond acceptors (Lipinski definition) is 0. The molecule has 0 amide bonds. The summed E-state index contributed by atoms with van der Waals surface area (Å²) in [4.78, 5) is 0. The monoisotopic (exact) mass is 343 g/mol. The third kappa shape index (κ3) is 13.4. The summed E-state index contributed by atoms with van der Waals surface area (Å²) >= 11 is 0. The van der Waals surface area contributed by atoms with Crippen molar-refractivity contribution < 1.29 is 0 Å². The lowest BCUT2D eigenvalue weighted by Crippen LogP contribution is -2.12. The molecule has 1 unspecified atom stereocenters. The summed E-state index contributed by atoms with van der Waals surface area (Å²) in [6, 6.07) is 0. The van der Waals surface area contributed by atoms with Gasteiger partial charge in [0, 0.05) is 7.26 Å². The fourth-order valence-electron chi connectivity index (χ4n) is 3.92. The zero-order chi connectivity index (χ0) is 17.2. The van der Waals surface area contributed by atoms with Crippen molar-refractivity contribution in [2.24, 2.45) is 0 Å². The SMILES string of the molecule is CCCCCCCC[P+](CCC)(CCCC)CCCCCCC. The third-order valence-corrected chi connectivity index (χ3v) is 10.6. The van der Waals surface area contributed by atoms with Crippen LogP contribution in [-0.2, 0) is 0 Å². The smallest absolute Gasteiger partial charge is 0.0594 e. The molecule has 0 aromatic rings. The van der Waals surface area contributed by atoms with Crippen LogP contribution in [0, 0.1) is 0 Å². The molecule has 0 aromatic heterocycles. The second-order valence-electron chi connectivity index (χ2n) is 7.77. The van der Waals surface area contributed by atoms with Crippen molar-refractivity contribution in [2.45, 2.75) is 118 Å². The van der Waals surface area contributed by atoms with E-state index in [-0.39, 0.29) is 0 Å². The molecule has 0 saturated heterocycles. The van der Waals surface area contributed by atoms with Crippen LogP contribution in [-0.4, -0.2) is 24.6 Å². The topological polar surface area (TPSA) is 0 Å². The van der Waals surface area contributed by atoms with Crippen LogP contribution < -0.4 is 0 Å². The second-order valence-corrected chi connectivity index (χ2v) is 12.2. The van der Waals surface area contributed by atoms with Gasteiger partial charge in [0.05, 0.1) is 24.6 Å². The van der Waals surface area contributed by atoms with Crippen LogP contribution >= 0.6 is 7.26 Å². The van der Waals surface area contributed by atoms with E-state index in [0.717, 1.165) is 0 Å². The molecule has 1 atom stereocenters. The maximum atomic E-state index is 2.43. The van der Waals surface area contributed by atoms with E-state index in [1.54, 1.807) is 24.6 Å². The summed E-state index contributed by atoms with van der Waals surface area (Å²) in [5.74, 6) is 0. The molecule has 0 bridgehead atoms. The molecule has 23 heavy (non-hydrogen) atoms. The van der Waals surface area contributed by atoms with Crippen LogP contribution in [0.15, 0.2) is 0 Å². The van der Waals surface area contributed by atoms with Crippen molar-refractivity contribution in [3.05, 3.63) is 0 Å². The molecule has 0 rings (SSSR count). The maximum Gasteiger partial charge on any atom is 0.0594 e. The van der Waals surface area contributed by atoms with E-state index < -0.39 is 7.26 Å². The quantitative estimate of drug-likeness (QED) is 0.173. The molecule has 0 aromatic carbocycles. The molecule has 0 nitrogen and oxygen atoms in total. The number of unbranched alkanes of at least 4 members (excludes halogenated alkanes) is 10. The number of rotatable bonds is 18. The van der Waals surface area contributed by atoms with Crippen LogP contribution in [0.5, 0.6) is 0 Å². The molecule has 0 aliphatic rings. The molecule has 0 N–H and O–H groups in total. The highest BCUT2D eigenvalue weighted by atomic mass is 31.2. The first kappa shape index (κ1) is 23.4. The van der Waals surface area contributed by atoms with Crippen molar-refractivity contribution in [2.75, 3.05) is 24.6 Å². The molecule has 0 aliphatic carbocycles. The van der Waals surface area contributed by atoms with Crippen LogP contribution in [0.3, 0.4) is 0 Å². The summed E-state index contributed by atoms with van der Waals surface area (Å²) in [6.07, 6.45) is 27.0. The molecule has 0 fully saturated rings. The maximum absolute atomic E-state index is 2.43. The summed E-state index contributed by atoms with van der Waals surface area (Å²) in [5, 5.41) is 0. The van der Waals surface area contributed by atoms with E-state index in [9.17, 15) is 0 Å². The lowest BCUT2D eigenvalue weighted by Gasteiger charge is -2.28. The van der Waals surface area contributed by atoms with Gasteiger partial charge in [0.15, 0.2) is 0 Å². The third-order valence-electron chi connectivity index (χ3n) is 5.41. The van der Waals surface area contributed by atoms with Gasteiger partial charge in [0.2, 0.25) is 0 Å². The minimum atomic E-state index is -0.617. The largest absolute Gasteiger partial charge is 0.0654 e. The molecule has 140 valence electrons. The molecular weight excluding hydrogens is 295 g/mol. The Kier molecular flexibility index (Phi) is 17.6. The minimum absolute atomic E-state index is 0.617. The fraction of sp³-hybridized carbons (Fsp3) is 1.00. The Morgan fingerprint density at radius 2 is 0.739 bits per heavy atom. The fourth-order valence-corrected chi connectivity index (χ4v) is 8.98. The van der Waals surface area contributed by atoms with E-state index in [1.165, 1.54) is 89.9 Å². The molecule has 0 spiro atoms. The molecule has 0 aliphatic heterocycles. The first-order valence-electron chi connectivity index (χ1n) is 11.1. The first-order chi connectivity index (χ1) is 11.2. The average Bonchev–Trinajstić information content (AvgIpc) is 2.56. The highest BCUT2D eigenvalue weighted by Crippen LogP contribution is 2.61. The predicted molar refractivity (Wildman–Crippen MR) is 114 cm³/mol. The first-order valence-corrected chi connectivity index (χ1v) is 13.6. The lowest BCUT2D eigenvalue weighted by molar-refractivity contribution is 0.624. The van der Waals surface area contributed by atoms with Crippen LogP contribution in [0.25, 0.3) is 0 Å². The molecule has 0 heterocycles. The van der Waals surface area contributed by atoms with Gasteiger partial charge in [-0.2, -0.15) is 0 Å². The summed E-state index contributed by atoms with van der Waals surface area (Å²) in [6.45, 7) is 9.46. The Bertz CT molecular complexity index is 226. The van der Waals surface area contributed by atoms with Gasteiger partial charge in [0.25, 0.3) is 0 Å². The second kappa shape index (κ2) is 17.3. The van der Waals surface area contributed by atoms with E-state index in [0.29, 0.717) is 0 Å². The minimum Gasteiger partial charge on any atom is -0.0654 e. The van der Waals surface area contributed by atoms with Gasteiger partial charge in [-0.05, 0) is 38.5 Å². The zero-order valence-corrected chi connectivity index (χ0v) is 18.1. The normalized spacial score (nSPS) is 14.1. The Labute approximate surface area is 149 Å². The van der Waals surface area contributed by atoms with Crippen molar-refractivity contribution in [1.29, 1.82) is 0 Å². The Hall–Kier alpha value is 0.430. The van der Waals surface area contributed by atoms with E-state index in [4.69, 9.17) is 0 Å². The van der Waals surface area contributed by atoms with Crippen LogP contribution in [0.1, 0.15) is 118 Å². The van der Waals surface area contributed by atoms with Crippen molar-refractivity contribution >= 4 is 7.26 Å². The average molecular weight is 344 g/mol. The Balaban J connectivity index is 4.25. The molecular formula is C22H48P+. The number of hydrogen-bond donors (Lipinski definition) is 0. The highest BCUT2D eigenvalue weighted by molar-refractivity contribution is 7.75. The van der Waals surface area contributed by atoms with Gasteiger partial charge < -0.3 is 0 Å². The summed E-state index contributed by atoms with van der Waals surface area (Å²) < 4.78 is 0. The van der Waals surface area contributed by atoms with Gasteiger partial charge in [-0.15, -0.1) is 0 Å². The molecule has 0 radical (unpaired) electrons. The van der Waals surface area contributed by atoms with Crippen LogP contribution in [0.2, 0.25) is 0 Å². The van der Waals surface area contributed by atoms with E-state index >= 15 is 0 Å². The van der Waals surface area contributed by atoms with Gasteiger partial charge in [0.1, 0.15) is 0 Å². The molecule has 1 heteroatoms. The lowest BCUT2D eigenvalue weighted by atomic mass is 10.1. The van der Waals surface area contributed by atoms with Gasteiger partial charge in [-0.3, -0.25) is 0 Å². The van der Waals surface area contributed by atoms with Gasteiger partial charge in [-0.1, -0.05) is 79.1 Å². The van der Waals surface area contributed by atoms with Crippen molar-refractivity contribution in [3.8, 4) is 0 Å². The summed E-state index contributed by atoms with van der Waals surface area (Å²) in [5.41, 5.74) is 0. The molecule has 0 saturated carbocycles. The van der Waals surface area contributed by atoms with E-state index in [2.05, 4.69) is 27.7 Å². The van der Waals surface area contributed by atoms with E-state index in [1.807, 2.05) is 0 Å². The Morgan fingerprint density at radius 3 is 1.17 bits per heavy atom. The predicted octanol–water partition coefficient (Wildman–Crippen LogP) is 8.55. The van der Waals surface area contributed by atoms with Crippen LogP contribution in [0.4, 0.5) is 0 Å². The van der Waals surface area contributed by atoms with Crippen molar-refractivity contribution in [1.82, 2.24) is 0 Å². The summed E-state index contributed by atoms with van der Waals surface area (Å²) in [7, 11) is -0.617. The van der Waals surface area contributed by atoms with Crippen molar-refractivity contribution in [3.63, 3.8) is 0 Å². The Morgan fingerprint density at radius 1 is 0.348 bits per heavy atom. The van der Waals surface area contributed by atoms with Gasteiger partial charge in [-0.25, -0.2) is 0 Å². The highest BCUT2D eigenvalue weighted by Gasteiger charge is 2.34. The standard InChI is InChI=1S/C22H48P/c1-5-9-12-14-16-18-22-23(19-8-4,20-11-7-3)21-17-15-13-10-6-2/h5-22H2,1-4H3/q+1.